The summed E-state index contributed by atoms with van der Waals surface area (Å²) in [4.78, 5) is 0. The highest BCUT2D eigenvalue weighted by Gasteiger charge is 2.25. The Kier molecular flexibility index (Phi) is 8.08. The summed E-state index contributed by atoms with van der Waals surface area (Å²) in [5, 5.41) is 0. The maximum absolute atomic E-state index is 13.1. The maximum atomic E-state index is 13.1. The third-order valence-corrected chi connectivity index (χ3v) is 6.53. The molecule has 152 valence electrons. The van der Waals surface area contributed by atoms with Crippen molar-refractivity contribution in [2.75, 3.05) is 20.0 Å². The molecule has 5 nitrogen and oxygen atoms in total. The Labute approximate surface area is 168 Å². The van der Waals surface area contributed by atoms with E-state index in [0.29, 0.717) is 19.5 Å². The fourth-order valence-corrected chi connectivity index (χ4v) is 4.70. The van der Waals surface area contributed by atoms with Crippen LogP contribution in [0.2, 0.25) is 0 Å². The fourth-order valence-electron chi connectivity index (χ4n) is 2.94. The highest BCUT2D eigenvalue weighted by molar-refractivity contribution is 7.89. The minimum absolute atomic E-state index is 0.0109. The van der Waals surface area contributed by atoms with Crippen LogP contribution in [0.3, 0.4) is 0 Å². The maximum Gasteiger partial charge on any atom is 0.214 e. The first-order valence-electron chi connectivity index (χ1n) is 9.22. The molecule has 0 N–H and O–H groups in total. The molecule has 0 aliphatic rings. The largest absolute Gasteiger partial charge is 0.497 e. The topological polar surface area (TPSA) is 55.8 Å². The zero-order valence-electron chi connectivity index (χ0n) is 16.8. The normalized spacial score (nSPS) is 12.6. The predicted octanol–water partition coefficient (Wildman–Crippen LogP) is 4.25. The first kappa shape index (κ1) is 22.0. The molecule has 1 atom stereocenters. The molecule has 0 heterocycles. The molecule has 0 aromatic heterocycles. The number of methoxy groups -OCH3 is 2. The Morgan fingerprint density at radius 2 is 1.36 bits per heavy atom. The number of sulfonamides is 1. The summed E-state index contributed by atoms with van der Waals surface area (Å²) in [5.41, 5.74) is 1.82. The van der Waals surface area contributed by atoms with Crippen molar-refractivity contribution in [3.8, 4) is 11.5 Å². The molecule has 28 heavy (non-hydrogen) atoms. The predicted molar refractivity (Wildman–Crippen MR) is 113 cm³/mol. The number of hydrogen-bond donors (Lipinski definition) is 0. The monoisotopic (exact) mass is 403 g/mol. The summed E-state index contributed by atoms with van der Waals surface area (Å²) in [7, 11) is -0.233. The van der Waals surface area contributed by atoms with Crippen molar-refractivity contribution in [3.05, 3.63) is 72.3 Å². The average molecular weight is 404 g/mol. The van der Waals surface area contributed by atoms with Crippen LogP contribution in [0, 0.1) is 5.92 Å². The minimum atomic E-state index is -3.45. The second kappa shape index (κ2) is 10.3. The first-order valence-corrected chi connectivity index (χ1v) is 10.8. The van der Waals surface area contributed by atoms with Crippen molar-refractivity contribution in [1.29, 1.82) is 0 Å². The van der Waals surface area contributed by atoms with Gasteiger partial charge in [0.1, 0.15) is 11.5 Å². The lowest BCUT2D eigenvalue weighted by Crippen LogP contribution is -2.34. The van der Waals surface area contributed by atoms with E-state index in [2.05, 4.69) is 6.58 Å². The van der Waals surface area contributed by atoms with Crippen LogP contribution in [-0.2, 0) is 23.1 Å². The number of rotatable bonds is 11. The Morgan fingerprint density at radius 1 is 0.929 bits per heavy atom. The van der Waals surface area contributed by atoms with Crippen LogP contribution in [0.4, 0.5) is 0 Å². The fraction of sp³-hybridized carbons (Fsp3) is 0.364. The van der Waals surface area contributed by atoms with E-state index in [9.17, 15) is 8.42 Å². The van der Waals surface area contributed by atoms with Gasteiger partial charge in [-0.05, 0) is 47.7 Å². The highest BCUT2D eigenvalue weighted by atomic mass is 32.2. The van der Waals surface area contributed by atoms with E-state index in [1.54, 1.807) is 20.3 Å². The first-order chi connectivity index (χ1) is 13.4. The van der Waals surface area contributed by atoms with Gasteiger partial charge in [0, 0.05) is 13.1 Å². The van der Waals surface area contributed by atoms with E-state index >= 15 is 0 Å². The van der Waals surface area contributed by atoms with Crippen LogP contribution in [0.15, 0.2) is 61.2 Å². The number of ether oxygens (including phenoxy) is 2. The Hall–Kier alpha value is -2.31. The molecule has 0 spiro atoms. The van der Waals surface area contributed by atoms with Crippen molar-refractivity contribution < 1.29 is 17.9 Å². The lowest BCUT2D eigenvalue weighted by Gasteiger charge is -2.24. The van der Waals surface area contributed by atoms with E-state index in [1.165, 1.54) is 4.31 Å². The summed E-state index contributed by atoms with van der Waals surface area (Å²) >= 11 is 0. The van der Waals surface area contributed by atoms with E-state index < -0.39 is 10.0 Å². The Balaban J connectivity index is 2.25. The van der Waals surface area contributed by atoms with Crippen LogP contribution in [0.25, 0.3) is 0 Å². The second-order valence-electron chi connectivity index (χ2n) is 6.87. The molecule has 0 aliphatic heterocycles. The van der Waals surface area contributed by atoms with Gasteiger partial charge < -0.3 is 9.47 Å². The van der Waals surface area contributed by atoms with E-state index in [0.717, 1.165) is 22.6 Å². The van der Waals surface area contributed by atoms with Gasteiger partial charge in [0.15, 0.2) is 0 Å². The zero-order valence-corrected chi connectivity index (χ0v) is 17.6. The van der Waals surface area contributed by atoms with E-state index in [4.69, 9.17) is 9.47 Å². The zero-order chi connectivity index (χ0) is 20.6. The van der Waals surface area contributed by atoms with Crippen LogP contribution in [-0.4, -0.2) is 32.7 Å². The molecule has 0 saturated heterocycles. The van der Waals surface area contributed by atoms with Gasteiger partial charge in [0.2, 0.25) is 10.0 Å². The molecule has 0 amide bonds. The summed E-state index contributed by atoms with van der Waals surface area (Å²) in [6.45, 7) is 6.25. The molecule has 0 bridgehead atoms. The van der Waals surface area contributed by atoms with Crippen LogP contribution in [0.1, 0.15) is 24.5 Å². The van der Waals surface area contributed by atoms with Gasteiger partial charge in [-0.1, -0.05) is 37.3 Å². The van der Waals surface area contributed by atoms with Crippen molar-refractivity contribution in [1.82, 2.24) is 4.31 Å². The van der Waals surface area contributed by atoms with Gasteiger partial charge >= 0.3 is 0 Å². The summed E-state index contributed by atoms with van der Waals surface area (Å²) in [5.74, 6) is 1.59. The van der Waals surface area contributed by atoms with Crippen molar-refractivity contribution in [2.45, 2.75) is 26.4 Å². The third kappa shape index (κ3) is 6.39. The molecule has 2 aromatic rings. The molecule has 0 radical (unpaired) electrons. The summed E-state index contributed by atoms with van der Waals surface area (Å²) in [6, 6.07) is 14.9. The van der Waals surface area contributed by atoms with Gasteiger partial charge in [-0.3, -0.25) is 0 Å². The third-order valence-electron chi connectivity index (χ3n) is 4.49. The van der Waals surface area contributed by atoms with E-state index in [-0.39, 0.29) is 11.7 Å². The van der Waals surface area contributed by atoms with Gasteiger partial charge in [-0.25, -0.2) is 8.42 Å². The van der Waals surface area contributed by atoms with Crippen LogP contribution >= 0.6 is 0 Å². The number of nitrogens with zero attached hydrogens (tertiary/aromatic N) is 1. The van der Waals surface area contributed by atoms with Crippen LogP contribution < -0.4 is 9.47 Å². The summed E-state index contributed by atoms with van der Waals surface area (Å²) < 4.78 is 38.1. The van der Waals surface area contributed by atoms with Gasteiger partial charge in [0.05, 0.1) is 20.0 Å². The van der Waals surface area contributed by atoms with Crippen molar-refractivity contribution in [2.24, 2.45) is 5.92 Å². The number of benzene rings is 2. The van der Waals surface area contributed by atoms with Gasteiger partial charge in [-0.15, -0.1) is 6.58 Å². The highest BCUT2D eigenvalue weighted by Crippen LogP contribution is 2.21. The molecule has 2 rings (SSSR count). The second-order valence-corrected chi connectivity index (χ2v) is 8.89. The summed E-state index contributed by atoms with van der Waals surface area (Å²) in [6.07, 6.45) is 2.43. The number of allylic oxidation sites excluding steroid dienone is 1. The standard InChI is InChI=1S/C22H29NO4S/c1-5-6-18(2)17-28(24,25)23(15-19-7-11-21(26-3)12-8-19)16-20-9-13-22(27-4)14-10-20/h5,7-14,18H,1,6,15-17H2,2-4H3/t18-/m0/s1. The Morgan fingerprint density at radius 3 is 1.71 bits per heavy atom. The smallest absolute Gasteiger partial charge is 0.214 e. The molecule has 0 fully saturated rings. The lowest BCUT2D eigenvalue weighted by atomic mass is 10.1. The molecule has 0 saturated carbocycles. The van der Waals surface area contributed by atoms with Crippen molar-refractivity contribution >= 4 is 10.0 Å². The minimum Gasteiger partial charge on any atom is -0.497 e. The number of hydrogen-bond acceptors (Lipinski definition) is 4. The SMILES string of the molecule is C=CC[C@H](C)CS(=O)(=O)N(Cc1ccc(OC)cc1)Cc1ccc(OC)cc1. The molecular weight excluding hydrogens is 374 g/mol. The van der Waals surface area contributed by atoms with Crippen molar-refractivity contribution in [3.63, 3.8) is 0 Å². The molecule has 6 heteroatoms. The molecule has 0 unspecified atom stereocenters. The average Bonchev–Trinajstić information content (AvgIpc) is 2.68. The lowest BCUT2D eigenvalue weighted by molar-refractivity contribution is 0.393. The molecule has 0 aliphatic carbocycles. The van der Waals surface area contributed by atoms with E-state index in [1.807, 2.05) is 55.5 Å². The van der Waals surface area contributed by atoms with Gasteiger partial charge in [-0.2, -0.15) is 4.31 Å². The quantitative estimate of drug-likeness (QED) is 0.527. The molecule has 2 aromatic carbocycles. The van der Waals surface area contributed by atoms with Crippen LogP contribution in [0.5, 0.6) is 11.5 Å². The Bertz CT molecular complexity index is 796. The van der Waals surface area contributed by atoms with Gasteiger partial charge in [0.25, 0.3) is 0 Å². The molecular formula is C22H29NO4S.